The van der Waals surface area contributed by atoms with Crippen LogP contribution in [0.5, 0.6) is 0 Å². The van der Waals surface area contributed by atoms with E-state index in [1.807, 2.05) is 12.1 Å². The molecule has 152 valence electrons. The minimum absolute atomic E-state index is 0.0895. The molecule has 0 radical (unpaired) electrons. The molecule has 0 spiro atoms. The third kappa shape index (κ3) is 4.43. The monoisotopic (exact) mass is 393 g/mol. The van der Waals surface area contributed by atoms with Crippen molar-refractivity contribution in [2.75, 3.05) is 36.5 Å². The molecule has 0 bridgehead atoms. The molecule has 1 atom stereocenters. The summed E-state index contributed by atoms with van der Waals surface area (Å²) in [6, 6.07) is 13.8. The van der Waals surface area contributed by atoms with Crippen molar-refractivity contribution in [3.63, 3.8) is 0 Å². The molecular formula is C23H27N3O3. The molecule has 1 saturated heterocycles. The van der Waals surface area contributed by atoms with Gasteiger partial charge in [0, 0.05) is 25.2 Å². The molecule has 2 amide bonds. The van der Waals surface area contributed by atoms with Crippen LogP contribution < -0.4 is 16.0 Å². The summed E-state index contributed by atoms with van der Waals surface area (Å²) in [4.78, 5) is 26.9. The highest BCUT2D eigenvalue weighted by molar-refractivity contribution is 6.04. The third-order valence-electron chi connectivity index (χ3n) is 5.84. The fourth-order valence-electron chi connectivity index (χ4n) is 4.35. The van der Waals surface area contributed by atoms with E-state index < -0.39 is 5.91 Å². The van der Waals surface area contributed by atoms with Crippen molar-refractivity contribution in [1.82, 2.24) is 0 Å². The first-order valence-electron chi connectivity index (χ1n) is 10.3. The number of carbonyl (C=O) groups is 2. The quantitative estimate of drug-likeness (QED) is 0.818. The van der Waals surface area contributed by atoms with Crippen LogP contribution in [0.25, 0.3) is 0 Å². The molecule has 29 heavy (non-hydrogen) atoms. The zero-order valence-electron chi connectivity index (χ0n) is 16.5. The number of primary amides is 1. The third-order valence-corrected chi connectivity index (χ3v) is 5.84. The highest BCUT2D eigenvalue weighted by Crippen LogP contribution is 2.34. The summed E-state index contributed by atoms with van der Waals surface area (Å²) in [6.07, 6.45) is 3.57. The Labute approximate surface area is 171 Å². The number of nitrogens with zero attached hydrogens (tertiary/aromatic N) is 1. The van der Waals surface area contributed by atoms with Crippen molar-refractivity contribution in [3.8, 4) is 0 Å². The fourth-order valence-corrected chi connectivity index (χ4v) is 4.35. The maximum absolute atomic E-state index is 12.8. The summed E-state index contributed by atoms with van der Waals surface area (Å²) in [7, 11) is 0. The Morgan fingerprint density at radius 1 is 1.14 bits per heavy atom. The van der Waals surface area contributed by atoms with Gasteiger partial charge in [-0.25, -0.2) is 0 Å². The highest BCUT2D eigenvalue weighted by Gasteiger charge is 2.23. The normalized spacial score (nSPS) is 18.8. The van der Waals surface area contributed by atoms with E-state index >= 15 is 0 Å². The minimum atomic E-state index is -0.543. The number of hydrogen-bond donors (Lipinski definition) is 2. The predicted molar refractivity (Wildman–Crippen MR) is 113 cm³/mol. The Kier molecular flexibility index (Phi) is 5.81. The molecule has 1 heterocycles. The molecule has 1 aliphatic heterocycles. The Bertz CT molecular complexity index is 906. The Hall–Kier alpha value is -2.86. The van der Waals surface area contributed by atoms with Gasteiger partial charge < -0.3 is 20.7 Å². The summed E-state index contributed by atoms with van der Waals surface area (Å²) in [6.45, 7) is 2.86. The second kappa shape index (κ2) is 8.66. The van der Waals surface area contributed by atoms with Gasteiger partial charge in [0.1, 0.15) is 0 Å². The van der Waals surface area contributed by atoms with Crippen LogP contribution in [-0.2, 0) is 16.0 Å². The van der Waals surface area contributed by atoms with E-state index in [9.17, 15) is 9.59 Å². The van der Waals surface area contributed by atoms with E-state index in [1.54, 1.807) is 12.1 Å². The lowest BCUT2D eigenvalue weighted by Gasteiger charge is -2.29. The lowest BCUT2D eigenvalue weighted by Crippen LogP contribution is -2.36. The average Bonchev–Trinajstić information content (AvgIpc) is 2.75. The first kappa shape index (κ1) is 19.5. The number of amides is 2. The molecule has 0 saturated carbocycles. The summed E-state index contributed by atoms with van der Waals surface area (Å²) in [5, 5.41) is 2.92. The molecule has 6 heteroatoms. The SMILES string of the molecule is NC(=O)c1cc(N2CCOCC2)ccc1NC(=O)CC1CCCc2ccccc21. The van der Waals surface area contributed by atoms with Gasteiger partial charge in [0.05, 0.1) is 24.5 Å². The van der Waals surface area contributed by atoms with Crippen molar-refractivity contribution >= 4 is 23.2 Å². The van der Waals surface area contributed by atoms with Crippen molar-refractivity contribution in [2.45, 2.75) is 31.6 Å². The van der Waals surface area contributed by atoms with Gasteiger partial charge in [0.2, 0.25) is 5.91 Å². The number of morpholine rings is 1. The summed E-state index contributed by atoms with van der Waals surface area (Å²) < 4.78 is 5.38. The Morgan fingerprint density at radius 3 is 2.72 bits per heavy atom. The van der Waals surface area contributed by atoms with E-state index in [0.29, 0.717) is 30.9 Å². The first-order chi connectivity index (χ1) is 14.1. The van der Waals surface area contributed by atoms with Gasteiger partial charge in [0.25, 0.3) is 5.91 Å². The van der Waals surface area contributed by atoms with Crippen LogP contribution in [0, 0.1) is 0 Å². The Morgan fingerprint density at radius 2 is 1.93 bits per heavy atom. The number of hydrogen-bond acceptors (Lipinski definition) is 4. The second-order valence-corrected chi connectivity index (χ2v) is 7.73. The zero-order valence-corrected chi connectivity index (χ0v) is 16.5. The van der Waals surface area contributed by atoms with Crippen molar-refractivity contribution in [1.29, 1.82) is 0 Å². The van der Waals surface area contributed by atoms with Crippen LogP contribution in [0.4, 0.5) is 11.4 Å². The molecule has 2 aliphatic rings. The fraction of sp³-hybridized carbons (Fsp3) is 0.391. The number of ether oxygens (including phenoxy) is 1. The number of fused-ring (bicyclic) bond motifs is 1. The molecule has 1 aliphatic carbocycles. The highest BCUT2D eigenvalue weighted by atomic mass is 16.5. The van der Waals surface area contributed by atoms with Gasteiger partial charge >= 0.3 is 0 Å². The average molecular weight is 393 g/mol. The van der Waals surface area contributed by atoms with Crippen LogP contribution in [0.15, 0.2) is 42.5 Å². The van der Waals surface area contributed by atoms with E-state index in [1.165, 1.54) is 11.1 Å². The van der Waals surface area contributed by atoms with Crippen molar-refractivity contribution in [3.05, 3.63) is 59.2 Å². The van der Waals surface area contributed by atoms with E-state index in [-0.39, 0.29) is 11.8 Å². The number of rotatable bonds is 5. The number of nitrogens with two attached hydrogens (primary N) is 1. The smallest absolute Gasteiger partial charge is 0.250 e. The predicted octanol–water partition coefficient (Wildman–Crippen LogP) is 3.07. The Balaban J connectivity index is 1.48. The summed E-state index contributed by atoms with van der Waals surface area (Å²) >= 11 is 0. The van der Waals surface area contributed by atoms with Gasteiger partial charge in [-0.1, -0.05) is 24.3 Å². The molecule has 6 nitrogen and oxygen atoms in total. The maximum Gasteiger partial charge on any atom is 0.250 e. The van der Waals surface area contributed by atoms with Gasteiger partial charge in [0.15, 0.2) is 0 Å². The standard InChI is InChI=1S/C23H27N3O3/c24-23(28)20-15-18(26-10-12-29-13-11-26)8-9-21(20)25-22(27)14-17-6-3-5-16-4-1-2-7-19(16)17/h1-2,4,7-9,15,17H,3,5-6,10-14H2,(H2,24,28)(H,25,27). The first-order valence-corrected chi connectivity index (χ1v) is 10.3. The summed E-state index contributed by atoms with van der Waals surface area (Å²) in [5.74, 6) is -0.420. The molecule has 2 aromatic rings. The molecule has 0 aromatic heterocycles. The number of nitrogens with one attached hydrogen (secondary N) is 1. The van der Waals surface area contributed by atoms with Gasteiger partial charge in [-0.3, -0.25) is 9.59 Å². The largest absolute Gasteiger partial charge is 0.378 e. The molecule has 2 aromatic carbocycles. The van der Waals surface area contributed by atoms with Crippen molar-refractivity contribution < 1.29 is 14.3 Å². The molecular weight excluding hydrogens is 366 g/mol. The molecule has 1 unspecified atom stereocenters. The van der Waals surface area contributed by atoms with Crippen LogP contribution >= 0.6 is 0 Å². The molecule has 4 rings (SSSR count). The zero-order chi connectivity index (χ0) is 20.2. The number of anilines is 2. The lowest BCUT2D eigenvalue weighted by atomic mass is 9.81. The van der Waals surface area contributed by atoms with Crippen LogP contribution in [-0.4, -0.2) is 38.1 Å². The van der Waals surface area contributed by atoms with Gasteiger partial charge in [-0.15, -0.1) is 0 Å². The van der Waals surface area contributed by atoms with Crippen LogP contribution in [0.1, 0.15) is 46.7 Å². The number of benzene rings is 2. The van der Waals surface area contributed by atoms with Crippen molar-refractivity contribution in [2.24, 2.45) is 5.73 Å². The number of carbonyl (C=O) groups excluding carboxylic acids is 2. The lowest BCUT2D eigenvalue weighted by molar-refractivity contribution is -0.116. The second-order valence-electron chi connectivity index (χ2n) is 7.73. The maximum atomic E-state index is 12.8. The van der Waals surface area contributed by atoms with E-state index in [4.69, 9.17) is 10.5 Å². The van der Waals surface area contributed by atoms with Crippen LogP contribution in [0.2, 0.25) is 0 Å². The van der Waals surface area contributed by atoms with Gasteiger partial charge in [-0.05, 0) is 54.5 Å². The van der Waals surface area contributed by atoms with E-state index in [2.05, 4.69) is 28.4 Å². The van der Waals surface area contributed by atoms with E-state index in [0.717, 1.165) is 38.0 Å². The number of aryl methyl sites for hydroxylation is 1. The molecule has 1 fully saturated rings. The molecule has 3 N–H and O–H groups in total. The van der Waals surface area contributed by atoms with Gasteiger partial charge in [-0.2, -0.15) is 0 Å². The minimum Gasteiger partial charge on any atom is -0.378 e. The van der Waals surface area contributed by atoms with Crippen LogP contribution in [0.3, 0.4) is 0 Å². The topological polar surface area (TPSA) is 84.7 Å². The summed E-state index contributed by atoms with van der Waals surface area (Å²) in [5.41, 5.74) is 9.94.